The van der Waals surface area contributed by atoms with Gasteiger partial charge in [-0.1, -0.05) is 6.92 Å². The lowest BCUT2D eigenvalue weighted by Gasteiger charge is -2.16. The number of amides is 1. The predicted octanol–water partition coefficient (Wildman–Crippen LogP) is 0.521. The highest BCUT2D eigenvalue weighted by Gasteiger charge is 2.30. The van der Waals surface area contributed by atoms with E-state index < -0.39 is 0 Å². The Morgan fingerprint density at radius 1 is 1.59 bits per heavy atom. The first-order valence-electron chi connectivity index (χ1n) is 6.20. The number of aromatic nitrogens is 2. The quantitative estimate of drug-likeness (QED) is 0.811. The van der Waals surface area contributed by atoms with Crippen molar-refractivity contribution in [2.24, 2.45) is 7.05 Å². The van der Waals surface area contributed by atoms with Gasteiger partial charge in [-0.3, -0.25) is 9.48 Å². The summed E-state index contributed by atoms with van der Waals surface area (Å²) in [5.74, 6) is 0.224. The first kappa shape index (κ1) is 12.1. The fraction of sp³-hybridized carbons (Fsp3) is 0.667. The minimum absolute atomic E-state index is 0.0200. The smallest absolute Gasteiger partial charge is 0.240 e. The van der Waals surface area contributed by atoms with Crippen LogP contribution < -0.4 is 5.32 Å². The van der Waals surface area contributed by atoms with Crippen molar-refractivity contribution in [2.45, 2.75) is 32.4 Å². The molecule has 0 spiro atoms. The number of carbonyl (C=O) groups is 1. The number of rotatable bonds is 5. The third kappa shape index (κ3) is 2.85. The molecule has 1 aliphatic heterocycles. The van der Waals surface area contributed by atoms with Gasteiger partial charge in [-0.25, -0.2) is 0 Å². The second-order valence-corrected chi connectivity index (χ2v) is 4.58. The van der Waals surface area contributed by atoms with E-state index in [4.69, 9.17) is 0 Å². The number of nitrogens with one attached hydrogen (secondary N) is 1. The van der Waals surface area contributed by atoms with Gasteiger partial charge in [-0.2, -0.15) is 5.10 Å². The Labute approximate surface area is 102 Å². The van der Waals surface area contributed by atoms with Gasteiger partial charge in [0.1, 0.15) is 0 Å². The molecule has 1 fully saturated rings. The number of nitrogens with zero attached hydrogens (tertiary/aromatic N) is 3. The fourth-order valence-electron chi connectivity index (χ4n) is 2.18. The summed E-state index contributed by atoms with van der Waals surface area (Å²) in [4.78, 5) is 14.0. The molecule has 5 heteroatoms. The van der Waals surface area contributed by atoms with Crippen molar-refractivity contribution in [3.05, 3.63) is 18.0 Å². The molecular formula is C12H20N4O. The minimum Gasteiger partial charge on any atom is -0.337 e. The molecule has 1 aromatic rings. The summed E-state index contributed by atoms with van der Waals surface area (Å²) in [5, 5.41) is 7.41. The molecule has 1 unspecified atom stereocenters. The zero-order valence-corrected chi connectivity index (χ0v) is 10.5. The Bertz CT molecular complexity index is 388. The van der Waals surface area contributed by atoms with Crippen LogP contribution in [0.4, 0.5) is 0 Å². The summed E-state index contributed by atoms with van der Waals surface area (Å²) in [5.41, 5.74) is 1.09. The van der Waals surface area contributed by atoms with Gasteiger partial charge in [-0.15, -0.1) is 0 Å². The topological polar surface area (TPSA) is 50.2 Å². The molecule has 2 heterocycles. The van der Waals surface area contributed by atoms with Gasteiger partial charge >= 0.3 is 0 Å². The van der Waals surface area contributed by atoms with Crippen molar-refractivity contribution in [3.8, 4) is 0 Å². The van der Waals surface area contributed by atoms with Gasteiger partial charge in [0.25, 0.3) is 0 Å². The van der Waals surface area contributed by atoms with Crippen LogP contribution in [0, 0.1) is 0 Å². The molecule has 2 rings (SSSR count). The summed E-state index contributed by atoms with van der Waals surface area (Å²) in [6, 6.07) is 0.0200. The van der Waals surface area contributed by atoms with Gasteiger partial charge in [0, 0.05) is 31.9 Å². The van der Waals surface area contributed by atoms with Crippen molar-refractivity contribution >= 4 is 5.91 Å². The van der Waals surface area contributed by atoms with E-state index >= 15 is 0 Å². The SMILES string of the molecule is CCCNC1CCN(Cc2cnn(C)c2)C1=O. The van der Waals surface area contributed by atoms with Gasteiger partial charge in [-0.05, 0) is 19.4 Å². The zero-order valence-electron chi connectivity index (χ0n) is 10.5. The van der Waals surface area contributed by atoms with Gasteiger partial charge in [0.2, 0.25) is 5.91 Å². The van der Waals surface area contributed by atoms with Crippen LogP contribution in [-0.2, 0) is 18.4 Å². The molecule has 1 N–H and O–H groups in total. The average molecular weight is 236 g/mol. The van der Waals surface area contributed by atoms with E-state index in [1.165, 1.54) is 0 Å². The molecule has 1 atom stereocenters. The fourth-order valence-corrected chi connectivity index (χ4v) is 2.18. The molecule has 0 saturated carbocycles. The lowest BCUT2D eigenvalue weighted by atomic mass is 10.2. The van der Waals surface area contributed by atoms with E-state index in [1.54, 1.807) is 4.68 Å². The average Bonchev–Trinajstić information content (AvgIpc) is 2.86. The largest absolute Gasteiger partial charge is 0.337 e. The van der Waals surface area contributed by atoms with E-state index in [1.807, 2.05) is 24.3 Å². The summed E-state index contributed by atoms with van der Waals surface area (Å²) in [7, 11) is 1.89. The summed E-state index contributed by atoms with van der Waals surface area (Å²) >= 11 is 0. The van der Waals surface area contributed by atoms with Crippen LogP contribution in [-0.4, -0.2) is 39.7 Å². The molecule has 0 aliphatic carbocycles. The number of carbonyl (C=O) groups excluding carboxylic acids is 1. The molecule has 1 aliphatic rings. The van der Waals surface area contributed by atoms with Crippen LogP contribution in [0.2, 0.25) is 0 Å². The van der Waals surface area contributed by atoms with Crippen molar-refractivity contribution in [1.82, 2.24) is 20.0 Å². The molecule has 94 valence electrons. The van der Waals surface area contributed by atoms with Crippen LogP contribution in [0.25, 0.3) is 0 Å². The van der Waals surface area contributed by atoms with Crippen molar-refractivity contribution < 1.29 is 4.79 Å². The Balaban J connectivity index is 1.89. The minimum atomic E-state index is 0.0200. The van der Waals surface area contributed by atoms with Gasteiger partial charge in [0.15, 0.2) is 0 Å². The molecule has 0 aromatic carbocycles. The van der Waals surface area contributed by atoms with E-state index in [2.05, 4.69) is 17.3 Å². The van der Waals surface area contributed by atoms with E-state index in [-0.39, 0.29) is 11.9 Å². The summed E-state index contributed by atoms with van der Waals surface area (Å²) in [6.45, 7) is 4.54. The number of aryl methyl sites for hydroxylation is 1. The van der Waals surface area contributed by atoms with Crippen LogP contribution in [0.15, 0.2) is 12.4 Å². The van der Waals surface area contributed by atoms with E-state index in [0.29, 0.717) is 6.54 Å². The Kier molecular flexibility index (Phi) is 3.78. The normalized spacial score (nSPS) is 20.2. The molecule has 0 bridgehead atoms. The van der Waals surface area contributed by atoms with Crippen LogP contribution in [0.5, 0.6) is 0 Å². The van der Waals surface area contributed by atoms with E-state index in [9.17, 15) is 4.79 Å². The second kappa shape index (κ2) is 5.31. The summed E-state index contributed by atoms with van der Waals surface area (Å²) in [6.07, 6.45) is 5.76. The van der Waals surface area contributed by atoms with Gasteiger partial charge in [0.05, 0.1) is 12.2 Å². The first-order chi connectivity index (χ1) is 8.20. The Hall–Kier alpha value is -1.36. The number of likely N-dealkylation sites (tertiary alicyclic amines) is 1. The van der Waals surface area contributed by atoms with Crippen LogP contribution >= 0.6 is 0 Å². The molecule has 0 radical (unpaired) electrons. The third-order valence-electron chi connectivity index (χ3n) is 3.07. The number of hydrogen-bond donors (Lipinski definition) is 1. The lowest BCUT2D eigenvalue weighted by molar-refractivity contribution is -0.129. The second-order valence-electron chi connectivity index (χ2n) is 4.58. The third-order valence-corrected chi connectivity index (χ3v) is 3.07. The molecule has 1 aromatic heterocycles. The maximum absolute atomic E-state index is 12.1. The van der Waals surface area contributed by atoms with Crippen molar-refractivity contribution in [2.75, 3.05) is 13.1 Å². The highest BCUT2D eigenvalue weighted by molar-refractivity contribution is 5.83. The number of hydrogen-bond acceptors (Lipinski definition) is 3. The van der Waals surface area contributed by atoms with Crippen molar-refractivity contribution in [1.29, 1.82) is 0 Å². The molecule has 1 amide bonds. The van der Waals surface area contributed by atoms with Crippen LogP contribution in [0.3, 0.4) is 0 Å². The maximum atomic E-state index is 12.1. The zero-order chi connectivity index (χ0) is 12.3. The van der Waals surface area contributed by atoms with Crippen molar-refractivity contribution in [3.63, 3.8) is 0 Å². The standard InChI is InChI=1S/C12H20N4O/c1-3-5-13-11-4-6-16(12(11)17)9-10-7-14-15(2)8-10/h7-8,11,13H,3-6,9H2,1-2H3. The Morgan fingerprint density at radius 2 is 2.41 bits per heavy atom. The predicted molar refractivity (Wildman–Crippen MR) is 65.3 cm³/mol. The maximum Gasteiger partial charge on any atom is 0.240 e. The first-order valence-corrected chi connectivity index (χ1v) is 6.20. The Morgan fingerprint density at radius 3 is 3.06 bits per heavy atom. The summed E-state index contributed by atoms with van der Waals surface area (Å²) < 4.78 is 1.77. The lowest BCUT2D eigenvalue weighted by Crippen LogP contribution is -2.38. The molecule has 5 nitrogen and oxygen atoms in total. The highest BCUT2D eigenvalue weighted by Crippen LogP contribution is 2.14. The monoisotopic (exact) mass is 236 g/mol. The molecule has 17 heavy (non-hydrogen) atoms. The molecule has 1 saturated heterocycles. The van der Waals surface area contributed by atoms with E-state index in [0.717, 1.165) is 31.5 Å². The highest BCUT2D eigenvalue weighted by atomic mass is 16.2. The van der Waals surface area contributed by atoms with Crippen LogP contribution in [0.1, 0.15) is 25.3 Å². The molecular weight excluding hydrogens is 216 g/mol. The van der Waals surface area contributed by atoms with Gasteiger partial charge < -0.3 is 10.2 Å².